The van der Waals surface area contributed by atoms with E-state index in [2.05, 4.69) is 4.99 Å². The van der Waals surface area contributed by atoms with Gasteiger partial charge in [0.15, 0.2) is 16.7 Å². The number of hydrogen-bond donors (Lipinski definition) is 1. The Kier molecular flexibility index (Phi) is 4.79. The number of amidine groups is 1. The summed E-state index contributed by atoms with van der Waals surface area (Å²) in [4.78, 5) is 30.2. The van der Waals surface area contributed by atoms with Gasteiger partial charge in [-0.3, -0.25) is 14.5 Å². The van der Waals surface area contributed by atoms with E-state index in [1.807, 2.05) is 37.3 Å². The van der Waals surface area contributed by atoms with E-state index >= 15 is 0 Å². The lowest BCUT2D eigenvalue weighted by molar-refractivity contribution is -0.115. The Balaban J connectivity index is 1.68. The van der Waals surface area contributed by atoms with E-state index < -0.39 is 5.91 Å². The molecule has 0 radical (unpaired) electrons. The second-order valence-electron chi connectivity index (χ2n) is 6.27. The molecule has 0 atom stereocenters. The molecule has 142 valence electrons. The summed E-state index contributed by atoms with van der Waals surface area (Å²) >= 11 is 1.13. The van der Waals surface area contributed by atoms with Crippen molar-refractivity contribution in [1.29, 1.82) is 0 Å². The third kappa shape index (κ3) is 3.59. The molecule has 4 rings (SSSR count). The van der Waals surface area contributed by atoms with E-state index in [1.165, 1.54) is 4.90 Å². The number of ether oxygens (including phenoxy) is 2. The van der Waals surface area contributed by atoms with Gasteiger partial charge in [0.2, 0.25) is 12.7 Å². The van der Waals surface area contributed by atoms with E-state index in [4.69, 9.17) is 15.2 Å². The van der Waals surface area contributed by atoms with Crippen LogP contribution in [0.15, 0.2) is 53.2 Å². The maximum absolute atomic E-state index is 13.0. The number of nitrogens with zero attached hydrogens (tertiary/aromatic N) is 2. The number of benzene rings is 2. The number of carbonyl (C=O) groups excluding carboxylic acids is 2. The van der Waals surface area contributed by atoms with Gasteiger partial charge >= 0.3 is 0 Å². The molecule has 0 spiro atoms. The van der Waals surface area contributed by atoms with Gasteiger partial charge in [-0.2, -0.15) is 0 Å². The van der Waals surface area contributed by atoms with Crippen LogP contribution in [0.5, 0.6) is 11.5 Å². The monoisotopic (exact) mass is 395 g/mol. The minimum Gasteiger partial charge on any atom is -0.454 e. The Morgan fingerprint density at radius 2 is 1.96 bits per heavy atom. The highest BCUT2D eigenvalue weighted by atomic mass is 32.2. The average Bonchev–Trinajstić information content (AvgIpc) is 3.25. The maximum atomic E-state index is 13.0. The topological polar surface area (TPSA) is 94.2 Å². The van der Waals surface area contributed by atoms with Crippen LogP contribution in [0.1, 0.15) is 11.1 Å². The van der Waals surface area contributed by atoms with Gasteiger partial charge in [-0.25, -0.2) is 4.99 Å². The van der Waals surface area contributed by atoms with Gasteiger partial charge < -0.3 is 15.2 Å². The molecule has 0 saturated carbocycles. The Hall–Kier alpha value is -3.26. The molecule has 0 fully saturated rings. The summed E-state index contributed by atoms with van der Waals surface area (Å²) in [5.41, 5.74) is 8.06. The number of carbonyl (C=O) groups is 2. The Morgan fingerprint density at radius 1 is 1.21 bits per heavy atom. The van der Waals surface area contributed by atoms with Crippen LogP contribution in [0.25, 0.3) is 6.08 Å². The number of hydrogen-bond acceptors (Lipinski definition) is 6. The molecular formula is C20H17N3O4S. The summed E-state index contributed by atoms with van der Waals surface area (Å²) in [5, 5.41) is 0.416. The molecule has 28 heavy (non-hydrogen) atoms. The van der Waals surface area contributed by atoms with Gasteiger partial charge in [0, 0.05) is 0 Å². The molecule has 2 aliphatic rings. The standard InChI is InChI=1S/C20H17N3O4S/c1-12-2-5-14(6-3-12)23-19(25)15(22-20(23)28-10-18(21)24)8-13-4-7-16-17(9-13)27-11-26-16/h2-9H,10-11H2,1H3,(H2,21,24)/b15-8-. The summed E-state index contributed by atoms with van der Waals surface area (Å²) in [6, 6.07) is 12.9. The van der Waals surface area contributed by atoms with Gasteiger partial charge in [-0.1, -0.05) is 35.5 Å². The lowest BCUT2D eigenvalue weighted by atomic mass is 10.1. The summed E-state index contributed by atoms with van der Waals surface area (Å²) in [6.07, 6.45) is 1.68. The van der Waals surface area contributed by atoms with Crippen molar-refractivity contribution in [3.8, 4) is 11.5 Å². The number of aliphatic imine (C=N–C) groups is 1. The van der Waals surface area contributed by atoms with Crippen LogP contribution in [0.4, 0.5) is 5.69 Å². The van der Waals surface area contributed by atoms with Crippen molar-refractivity contribution < 1.29 is 19.1 Å². The molecule has 2 N–H and O–H groups in total. The number of thioether (sulfide) groups is 1. The smallest absolute Gasteiger partial charge is 0.283 e. The van der Waals surface area contributed by atoms with Crippen molar-refractivity contribution in [3.05, 3.63) is 59.3 Å². The van der Waals surface area contributed by atoms with Gasteiger partial charge in [-0.05, 0) is 42.8 Å². The molecule has 2 heterocycles. The molecule has 0 unspecified atom stereocenters. The SMILES string of the molecule is Cc1ccc(N2C(=O)/C(=C/c3ccc4c(c3)OCO4)N=C2SCC(N)=O)cc1. The first-order chi connectivity index (χ1) is 13.5. The van der Waals surface area contributed by atoms with Crippen molar-refractivity contribution in [2.45, 2.75) is 6.92 Å². The summed E-state index contributed by atoms with van der Waals surface area (Å²) < 4.78 is 10.7. The van der Waals surface area contributed by atoms with E-state index in [1.54, 1.807) is 18.2 Å². The molecule has 2 aromatic rings. The van der Waals surface area contributed by atoms with Crippen LogP contribution in [0, 0.1) is 6.92 Å². The number of amides is 2. The zero-order valence-electron chi connectivity index (χ0n) is 15.0. The molecule has 2 aromatic carbocycles. The van der Waals surface area contributed by atoms with E-state index in [0.29, 0.717) is 22.4 Å². The van der Waals surface area contributed by atoms with Crippen molar-refractivity contribution in [3.63, 3.8) is 0 Å². The number of rotatable bonds is 4. The van der Waals surface area contributed by atoms with Crippen molar-refractivity contribution in [2.75, 3.05) is 17.4 Å². The Morgan fingerprint density at radius 3 is 2.71 bits per heavy atom. The molecular weight excluding hydrogens is 378 g/mol. The van der Waals surface area contributed by atoms with Crippen LogP contribution < -0.4 is 20.1 Å². The molecule has 2 aliphatic heterocycles. The summed E-state index contributed by atoms with van der Waals surface area (Å²) in [7, 11) is 0. The Labute approximate surface area is 165 Å². The number of nitrogens with two attached hydrogens (primary N) is 1. The molecule has 0 aromatic heterocycles. The van der Waals surface area contributed by atoms with Gasteiger partial charge in [0.25, 0.3) is 5.91 Å². The van der Waals surface area contributed by atoms with Crippen molar-refractivity contribution in [2.24, 2.45) is 10.7 Å². The number of anilines is 1. The molecule has 2 amide bonds. The van der Waals surface area contributed by atoms with Crippen molar-refractivity contribution >= 4 is 40.5 Å². The molecule has 0 aliphatic carbocycles. The largest absolute Gasteiger partial charge is 0.454 e. The quantitative estimate of drug-likeness (QED) is 0.804. The second kappa shape index (κ2) is 7.40. The first kappa shape index (κ1) is 18.1. The van der Waals surface area contributed by atoms with Gasteiger partial charge in [-0.15, -0.1) is 0 Å². The fourth-order valence-electron chi connectivity index (χ4n) is 2.81. The van der Waals surface area contributed by atoms with Gasteiger partial charge in [0.05, 0.1) is 11.4 Å². The van der Waals surface area contributed by atoms with Crippen LogP contribution in [-0.2, 0) is 9.59 Å². The number of primary amides is 1. The van der Waals surface area contributed by atoms with Crippen LogP contribution in [0.2, 0.25) is 0 Å². The van der Waals surface area contributed by atoms with E-state index in [-0.39, 0.29) is 24.2 Å². The lowest BCUT2D eigenvalue weighted by Crippen LogP contribution is -2.31. The predicted molar refractivity (Wildman–Crippen MR) is 108 cm³/mol. The average molecular weight is 395 g/mol. The maximum Gasteiger partial charge on any atom is 0.283 e. The van der Waals surface area contributed by atoms with Crippen LogP contribution >= 0.6 is 11.8 Å². The Bertz CT molecular complexity index is 1010. The predicted octanol–water partition coefficient (Wildman–Crippen LogP) is 2.69. The fourth-order valence-corrected chi connectivity index (χ4v) is 3.56. The molecule has 0 bridgehead atoms. The highest BCUT2D eigenvalue weighted by molar-refractivity contribution is 8.14. The van der Waals surface area contributed by atoms with Crippen LogP contribution in [-0.4, -0.2) is 29.5 Å². The van der Waals surface area contributed by atoms with Crippen LogP contribution in [0.3, 0.4) is 0 Å². The number of fused-ring (bicyclic) bond motifs is 1. The third-order valence-corrected chi connectivity index (χ3v) is 5.13. The lowest BCUT2D eigenvalue weighted by Gasteiger charge is -2.17. The minimum absolute atomic E-state index is 0.0335. The highest BCUT2D eigenvalue weighted by Gasteiger charge is 2.32. The molecule has 0 saturated heterocycles. The first-order valence-corrected chi connectivity index (χ1v) is 9.52. The number of aryl methyl sites for hydroxylation is 1. The minimum atomic E-state index is -0.475. The second-order valence-corrected chi connectivity index (χ2v) is 7.21. The van der Waals surface area contributed by atoms with Crippen molar-refractivity contribution in [1.82, 2.24) is 0 Å². The summed E-state index contributed by atoms with van der Waals surface area (Å²) in [5.74, 6) is 0.585. The molecule has 7 nitrogen and oxygen atoms in total. The van der Waals surface area contributed by atoms with E-state index in [9.17, 15) is 9.59 Å². The zero-order valence-corrected chi connectivity index (χ0v) is 15.9. The van der Waals surface area contributed by atoms with E-state index in [0.717, 1.165) is 22.9 Å². The first-order valence-electron chi connectivity index (χ1n) is 8.53. The highest BCUT2D eigenvalue weighted by Crippen LogP contribution is 2.34. The molecule has 8 heteroatoms. The fraction of sp³-hybridized carbons (Fsp3) is 0.150. The summed E-state index contributed by atoms with van der Waals surface area (Å²) in [6.45, 7) is 2.15. The third-order valence-electron chi connectivity index (χ3n) is 4.17. The van der Waals surface area contributed by atoms with Gasteiger partial charge in [0.1, 0.15) is 5.70 Å². The normalized spacial score (nSPS) is 16.6. The zero-order chi connectivity index (χ0) is 19.7.